The Bertz CT molecular complexity index is 398. The Morgan fingerprint density at radius 1 is 1.19 bits per heavy atom. The lowest BCUT2D eigenvalue weighted by molar-refractivity contribution is 0.716. The van der Waals surface area contributed by atoms with E-state index in [1.807, 2.05) is 0 Å². The molecule has 0 amide bonds. The van der Waals surface area contributed by atoms with Crippen LogP contribution >= 0.6 is 35.3 Å². The van der Waals surface area contributed by atoms with Crippen LogP contribution in [0.25, 0.3) is 0 Å². The Kier molecular flexibility index (Phi) is 12.0. The van der Waals surface area contributed by atoms with Crippen molar-refractivity contribution in [2.24, 2.45) is 4.99 Å². The second-order valence-electron chi connectivity index (χ2n) is 4.89. The number of unbranched alkanes of at least 4 members (excludes halogenated alkanes) is 2. The number of halogens is 1. The first-order valence-corrected chi connectivity index (χ1v) is 8.44. The van der Waals surface area contributed by atoms with Crippen LogP contribution in [0.5, 0.6) is 0 Å². The molecule has 1 aromatic rings. The Morgan fingerprint density at radius 2 is 1.95 bits per heavy atom. The van der Waals surface area contributed by atoms with Gasteiger partial charge in [-0.3, -0.25) is 4.99 Å². The van der Waals surface area contributed by atoms with E-state index in [-0.39, 0.29) is 24.0 Å². The van der Waals surface area contributed by atoms with E-state index < -0.39 is 0 Å². The highest BCUT2D eigenvalue weighted by Crippen LogP contribution is 2.16. The highest BCUT2D eigenvalue weighted by atomic mass is 127. The molecule has 0 bridgehead atoms. The van der Waals surface area contributed by atoms with E-state index in [4.69, 9.17) is 0 Å². The van der Waals surface area contributed by atoms with Crippen molar-refractivity contribution in [3.8, 4) is 0 Å². The fourth-order valence-electron chi connectivity index (χ4n) is 1.83. The van der Waals surface area contributed by atoms with Gasteiger partial charge in [-0.1, -0.05) is 19.8 Å². The summed E-state index contributed by atoms with van der Waals surface area (Å²) in [4.78, 5) is 10.5. The third-order valence-corrected chi connectivity index (χ3v) is 4.21. The number of aromatic nitrogens is 1. The van der Waals surface area contributed by atoms with Crippen molar-refractivity contribution in [1.82, 2.24) is 15.6 Å². The summed E-state index contributed by atoms with van der Waals surface area (Å²) in [6, 6.07) is 0. The van der Waals surface area contributed by atoms with Crippen molar-refractivity contribution in [3.05, 3.63) is 15.6 Å². The van der Waals surface area contributed by atoms with Crippen LogP contribution in [0.3, 0.4) is 0 Å². The molecule has 2 N–H and O–H groups in total. The minimum Gasteiger partial charge on any atom is -0.357 e. The molecule has 0 fully saturated rings. The van der Waals surface area contributed by atoms with Gasteiger partial charge in [0.1, 0.15) is 0 Å². The maximum atomic E-state index is 4.58. The molecule has 0 saturated carbocycles. The van der Waals surface area contributed by atoms with Gasteiger partial charge in [0.05, 0.1) is 10.7 Å². The SMILES string of the molecule is CCCCCN=C(NCC)NCCc1nc(C)c(C)s1.I. The Morgan fingerprint density at radius 3 is 2.52 bits per heavy atom. The Labute approximate surface area is 150 Å². The first-order valence-electron chi connectivity index (χ1n) is 7.62. The van der Waals surface area contributed by atoms with E-state index in [1.54, 1.807) is 11.3 Å². The topological polar surface area (TPSA) is 49.3 Å². The van der Waals surface area contributed by atoms with Gasteiger partial charge in [0.15, 0.2) is 5.96 Å². The molecule has 0 aliphatic rings. The number of nitrogens with zero attached hydrogens (tertiary/aromatic N) is 2. The number of rotatable bonds is 8. The molecule has 6 heteroatoms. The van der Waals surface area contributed by atoms with Crippen LogP contribution in [-0.4, -0.2) is 30.6 Å². The number of aryl methyl sites for hydroxylation is 2. The number of nitrogens with one attached hydrogen (secondary N) is 2. The van der Waals surface area contributed by atoms with Crippen LogP contribution < -0.4 is 10.6 Å². The second-order valence-corrected chi connectivity index (χ2v) is 6.18. The first-order chi connectivity index (χ1) is 9.67. The molecular formula is C15H29IN4S. The van der Waals surface area contributed by atoms with Gasteiger partial charge in [-0.2, -0.15) is 0 Å². The van der Waals surface area contributed by atoms with Crippen molar-refractivity contribution in [3.63, 3.8) is 0 Å². The summed E-state index contributed by atoms with van der Waals surface area (Å²) in [5.41, 5.74) is 1.16. The average molecular weight is 424 g/mol. The molecule has 1 heterocycles. The Balaban J connectivity index is 0.00000400. The number of hydrogen-bond donors (Lipinski definition) is 2. The van der Waals surface area contributed by atoms with Crippen LogP contribution in [0.15, 0.2) is 4.99 Å². The molecule has 0 aliphatic carbocycles. The standard InChI is InChI=1S/C15H28N4S.HI/c1-5-7-8-10-17-15(16-6-2)18-11-9-14-19-12(3)13(4)20-14;/h5-11H2,1-4H3,(H2,16,17,18);1H. The summed E-state index contributed by atoms with van der Waals surface area (Å²) in [7, 11) is 0. The molecule has 0 radical (unpaired) electrons. The van der Waals surface area contributed by atoms with Gasteiger partial charge in [0.25, 0.3) is 0 Å². The summed E-state index contributed by atoms with van der Waals surface area (Å²) in [6.07, 6.45) is 4.61. The van der Waals surface area contributed by atoms with Gasteiger partial charge in [-0.05, 0) is 27.2 Å². The molecule has 1 aromatic heterocycles. The molecule has 0 unspecified atom stereocenters. The molecule has 122 valence electrons. The van der Waals surface area contributed by atoms with Crippen molar-refractivity contribution in [1.29, 1.82) is 0 Å². The molecule has 4 nitrogen and oxygen atoms in total. The summed E-state index contributed by atoms with van der Waals surface area (Å²) < 4.78 is 0. The molecule has 0 saturated heterocycles. The predicted molar refractivity (Wildman–Crippen MR) is 104 cm³/mol. The summed E-state index contributed by atoms with van der Waals surface area (Å²) >= 11 is 1.79. The lowest BCUT2D eigenvalue weighted by Gasteiger charge is -2.10. The van der Waals surface area contributed by atoms with Crippen molar-refractivity contribution < 1.29 is 0 Å². The van der Waals surface area contributed by atoms with Crippen molar-refractivity contribution >= 4 is 41.3 Å². The zero-order chi connectivity index (χ0) is 14.8. The van der Waals surface area contributed by atoms with Crippen molar-refractivity contribution in [2.45, 2.75) is 53.4 Å². The minimum atomic E-state index is 0. The van der Waals surface area contributed by atoms with E-state index in [9.17, 15) is 0 Å². The van der Waals surface area contributed by atoms with Gasteiger partial charge in [-0.25, -0.2) is 4.98 Å². The molecule has 21 heavy (non-hydrogen) atoms. The quantitative estimate of drug-likeness (QED) is 0.290. The summed E-state index contributed by atoms with van der Waals surface area (Å²) in [5.74, 6) is 0.925. The zero-order valence-electron chi connectivity index (χ0n) is 13.7. The number of thiazole rings is 1. The maximum Gasteiger partial charge on any atom is 0.191 e. The molecule has 0 spiro atoms. The molecular weight excluding hydrogens is 395 g/mol. The van der Waals surface area contributed by atoms with Gasteiger partial charge < -0.3 is 10.6 Å². The number of aliphatic imine (C=N–C) groups is 1. The molecule has 0 aliphatic heterocycles. The summed E-state index contributed by atoms with van der Waals surface area (Å²) in [6.45, 7) is 11.2. The third-order valence-electron chi connectivity index (χ3n) is 3.08. The molecule has 0 atom stereocenters. The van der Waals surface area contributed by atoms with Crippen LogP contribution in [0, 0.1) is 13.8 Å². The number of hydrogen-bond acceptors (Lipinski definition) is 3. The first kappa shape index (κ1) is 20.6. The van der Waals surface area contributed by atoms with Gasteiger partial charge in [0, 0.05) is 30.9 Å². The van der Waals surface area contributed by atoms with E-state index in [1.165, 1.54) is 22.7 Å². The van der Waals surface area contributed by atoms with Crippen LogP contribution in [0.1, 0.15) is 48.7 Å². The maximum absolute atomic E-state index is 4.58. The molecule has 1 rings (SSSR count). The van der Waals surface area contributed by atoms with Crippen LogP contribution in [0.4, 0.5) is 0 Å². The lowest BCUT2D eigenvalue weighted by Crippen LogP contribution is -2.38. The minimum absolute atomic E-state index is 0. The van der Waals surface area contributed by atoms with Crippen LogP contribution in [0.2, 0.25) is 0 Å². The lowest BCUT2D eigenvalue weighted by atomic mass is 10.2. The fourth-order valence-corrected chi connectivity index (χ4v) is 2.76. The van der Waals surface area contributed by atoms with Gasteiger partial charge >= 0.3 is 0 Å². The predicted octanol–water partition coefficient (Wildman–Crippen LogP) is 3.67. The number of guanidine groups is 1. The summed E-state index contributed by atoms with van der Waals surface area (Å²) in [5, 5.41) is 7.87. The largest absolute Gasteiger partial charge is 0.357 e. The van der Waals surface area contributed by atoms with E-state index in [2.05, 4.69) is 48.3 Å². The highest BCUT2D eigenvalue weighted by Gasteiger charge is 2.03. The second kappa shape index (κ2) is 12.2. The van der Waals surface area contributed by atoms with E-state index >= 15 is 0 Å². The smallest absolute Gasteiger partial charge is 0.191 e. The van der Waals surface area contributed by atoms with Gasteiger partial charge in [-0.15, -0.1) is 35.3 Å². The normalized spacial score (nSPS) is 11.1. The van der Waals surface area contributed by atoms with Gasteiger partial charge in [0.2, 0.25) is 0 Å². The zero-order valence-corrected chi connectivity index (χ0v) is 16.8. The third kappa shape index (κ3) is 8.60. The highest BCUT2D eigenvalue weighted by molar-refractivity contribution is 14.0. The monoisotopic (exact) mass is 424 g/mol. The van der Waals surface area contributed by atoms with E-state index in [0.29, 0.717) is 0 Å². The molecule has 0 aromatic carbocycles. The average Bonchev–Trinajstić information content (AvgIpc) is 2.73. The van der Waals surface area contributed by atoms with Crippen molar-refractivity contribution in [2.75, 3.05) is 19.6 Å². The fraction of sp³-hybridized carbons (Fsp3) is 0.733. The van der Waals surface area contributed by atoms with E-state index in [0.717, 1.165) is 44.1 Å². The van der Waals surface area contributed by atoms with Crippen LogP contribution in [-0.2, 0) is 6.42 Å². The Hall–Kier alpha value is -0.370.